The smallest absolute Gasteiger partial charge is 0.315 e. The molecule has 2 unspecified atom stereocenters. The topological polar surface area (TPSA) is 61.4 Å². The fourth-order valence-corrected chi connectivity index (χ4v) is 7.30. The average Bonchev–Trinajstić information content (AvgIpc) is 3.01. The van der Waals surface area contributed by atoms with Gasteiger partial charge in [0, 0.05) is 12.0 Å². The number of benzene rings is 3. The Labute approximate surface area is 269 Å². The number of aliphatic hydroxyl groups is 1. The van der Waals surface area contributed by atoms with Gasteiger partial charge >= 0.3 is 6.03 Å². The van der Waals surface area contributed by atoms with Crippen LogP contribution < -0.4 is 34.6 Å². The van der Waals surface area contributed by atoms with E-state index in [1.54, 1.807) is 0 Å². The maximum absolute atomic E-state index is 13.1. The molecule has 6 heteroatoms. The fourth-order valence-electron chi connectivity index (χ4n) is 7.30. The van der Waals surface area contributed by atoms with Gasteiger partial charge in [-0.15, -0.1) is 0 Å². The largest absolute Gasteiger partial charge is 1.00 e. The molecule has 42 heavy (non-hydrogen) atoms. The summed E-state index contributed by atoms with van der Waals surface area (Å²) in [5.41, 5.74) is 1.70. The first-order valence-electron chi connectivity index (χ1n) is 15.6. The summed E-state index contributed by atoms with van der Waals surface area (Å²) in [6, 6.07) is 29.7. The fraction of sp³-hybridized carbons (Fsp3) is 0.472. The normalized spacial score (nSPS) is 25.1. The Morgan fingerprint density at radius 1 is 0.881 bits per heavy atom. The predicted octanol–water partition coefficient (Wildman–Crippen LogP) is 3.59. The number of likely N-dealkylation sites (N-methyl/N-ethyl adjacent to an activating group) is 1. The summed E-state index contributed by atoms with van der Waals surface area (Å²) in [4.78, 5) is 13.1. The van der Waals surface area contributed by atoms with Gasteiger partial charge in [0.2, 0.25) is 0 Å². The molecule has 3 atom stereocenters. The van der Waals surface area contributed by atoms with Gasteiger partial charge in [0.15, 0.2) is 0 Å². The Morgan fingerprint density at radius 3 is 2.00 bits per heavy atom. The van der Waals surface area contributed by atoms with Gasteiger partial charge in [-0.2, -0.15) is 0 Å². The first-order valence-corrected chi connectivity index (χ1v) is 15.6. The quantitative estimate of drug-likeness (QED) is 0.239. The molecule has 3 aromatic carbocycles. The number of hydrogen-bond donors (Lipinski definition) is 3. The van der Waals surface area contributed by atoms with Crippen LogP contribution in [0.25, 0.3) is 0 Å². The summed E-state index contributed by atoms with van der Waals surface area (Å²) in [6.45, 7) is 5.67. The number of quaternary nitrogens is 1. The van der Waals surface area contributed by atoms with Crippen LogP contribution in [0.5, 0.6) is 0 Å². The number of amides is 2. The van der Waals surface area contributed by atoms with Gasteiger partial charge in [-0.25, -0.2) is 4.79 Å². The van der Waals surface area contributed by atoms with Crippen LogP contribution in [0, 0.1) is 5.92 Å². The van der Waals surface area contributed by atoms with E-state index in [2.05, 4.69) is 48.0 Å². The van der Waals surface area contributed by atoms with Crippen LogP contribution in [0.2, 0.25) is 0 Å². The Hall–Kier alpha value is -2.42. The molecule has 1 saturated heterocycles. The minimum absolute atomic E-state index is 0. The number of rotatable bonds is 9. The predicted molar refractivity (Wildman–Crippen MR) is 167 cm³/mol. The lowest BCUT2D eigenvalue weighted by atomic mass is 9.81. The maximum atomic E-state index is 13.1. The zero-order valence-electron chi connectivity index (χ0n) is 25.2. The molecule has 0 aromatic heterocycles. The zero-order valence-corrected chi connectivity index (χ0v) is 27.4. The highest BCUT2D eigenvalue weighted by molar-refractivity contribution is 5.75. The molecule has 0 radical (unpaired) electrons. The summed E-state index contributed by atoms with van der Waals surface area (Å²) in [7, 11) is 2.46. The van der Waals surface area contributed by atoms with Crippen molar-refractivity contribution in [1.29, 1.82) is 0 Å². The van der Waals surface area contributed by atoms with E-state index < -0.39 is 11.6 Å². The summed E-state index contributed by atoms with van der Waals surface area (Å²) < 4.78 is 1.18. The van der Waals surface area contributed by atoms with E-state index in [1.807, 2.05) is 67.6 Å². The SMILES string of the molecule is C[C@@H](NC(=O)NC1CCC(CC[N+]2(C)CCCC(c3ccccc3)C2)CC1)C(O)(c1ccccc1)c1ccccc1.[I-]. The van der Waals surface area contributed by atoms with Crippen molar-refractivity contribution in [2.24, 2.45) is 5.92 Å². The minimum atomic E-state index is -1.33. The van der Waals surface area contributed by atoms with E-state index in [1.165, 1.54) is 61.8 Å². The Morgan fingerprint density at radius 2 is 1.43 bits per heavy atom. The van der Waals surface area contributed by atoms with Gasteiger partial charge in [-0.3, -0.25) is 0 Å². The van der Waals surface area contributed by atoms with E-state index in [9.17, 15) is 9.90 Å². The number of carbonyl (C=O) groups excluding carboxylic acids is 1. The molecule has 3 aromatic rings. The molecule has 2 amide bonds. The molecular weight excluding hydrogens is 633 g/mol. The molecule has 1 heterocycles. The highest BCUT2D eigenvalue weighted by Crippen LogP contribution is 2.34. The van der Waals surface area contributed by atoms with E-state index in [0.717, 1.165) is 29.9 Å². The van der Waals surface area contributed by atoms with Crippen molar-refractivity contribution in [3.63, 3.8) is 0 Å². The Balaban J connectivity index is 0.00000405. The number of carbonyl (C=O) groups is 1. The van der Waals surface area contributed by atoms with Crippen LogP contribution in [0.4, 0.5) is 4.79 Å². The molecular formula is C36H48IN3O2. The number of nitrogens with zero attached hydrogens (tertiary/aromatic N) is 1. The van der Waals surface area contributed by atoms with Crippen LogP contribution >= 0.6 is 0 Å². The number of piperidine rings is 1. The summed E-state index contributed by atoms with van der Waals surface area (Å²) >= 11 is 0. The number of urea groups is 1. The molecule has 0 spiro atoms. The van der Waals surface area contributed by atoms with E-state index in [0.29, 0.717) is 5.92 Å². The number of halogens is 1. The van der Waals surface area contributed by atoms with Crippen molar-refractivity contribution < 1.29 is 38.4 Å². The number of nitrogens with one attached hydrogen (secondary N) is 2. The van der Waals surface area contributed by atoms with Gasteiger partial charge in [0.1, 0.15) is 5.60 Å². The van der Waals surface area contributed by atoms with Crippen LogP contribution in [-0.4, -0.2) is 54.4 Å². The first kappa shape index (κ1) is 32.5. The minimum Gasteiger partial charge on any atom is -1.00 e. The van der Waals surface area contributed by atoms with E-state index in [4.69, 9.17) is 0 Å². The van der Waals surface area contributed by atoms with Crippen LogP contribution in [0.3, 0.4) is 0 Å². The maximum Gasteiger partial charge on any atom is 0.315 e. The van der Waals surface area contributed by atoms with Gasteiger partial charge in [-0.1, -0.05) is 91.0 Å². The molecule has 2 fully saturated rings. The third kappa shape index (κ3) is 7.94. The van der Waals surface area contributed by atoms with Crippen molar-refractivity contribution in [1.82, 2.24) is 10.6 Å². The number of hydrogen-bond acceptors (Lipinski definition) is 2. The van der Waals surface area contributed by atoms with Gasteiger partial charge in [0.25, 0.3) is 0 Å². The second kappa shape index (κ2) is 14.8. The van der Waals surface area contributed by atoms with Crippen LogP contribution in [0.1, 0.15) is 74.5 Å². The second-order valence-electron chi connectivity index (χ2n) is 12.8. The molecule has 226 valence electrons. The molecule has 1 aliphatic heterocycles. The lowest BCUT2D eigenvalue weighted by molar-refractivity contribution is -0.916. The lowest BCUT2D eigenvalue weighted by Gasteiger charge is -2.42. The van der Waals surface area contributed by atoms with Gasteiger partial charge in [-0.05, 0) is 74.5 Å². The van der Waals surface area contributed by atoms with Crippen LogP contribution in [0.15, 0.2) is 91.0 Å². The van der Waals surface area contributed by atoms with Crippen molar-refractivity contribution in [3.05, 3.63) is 108 Å². The zero-order chi connectivity index (χ0) is 28.7. The van der Waals surface area contributed by atoms with Gasteiger partial charge in [0.05, 0.1) is 32.7 Å². The molecule has 2 aliphatic rings. The van der Waals surface area contributed by atoms with Crippen molar-refractivity contribution in [2.45, 2.75) is 75.5 Å². The molecule has 1 saturated carbocycles. The molecule has 5 rings (SSSR count). The summed E-state index contributed by atoms with van der Waals surface area (Å²) in [5.74, 6) is 1.42. The van der Waals surface area contributed by atoms with Crippen molar-refractivity contribution in [2.75, 3.05) is 26.7 Å². The van der Waals surface area contributed by atoms with E-state index in [-0.39, 0.29) is 36.0 Å². The monoisotopic (exact) mass is 681 g/mol. The molecule has 3 N–H and O–H groups in total. The standard InChI is InChI=1S/C36H47N3O2.HI/c1-28(36(41,32-16-8-4-9-17-32)33-18-10-5-11-19-33)37-35(40)38-34-22-20-29(21-23-34)24-26-39(2)25-12-15-31(27-39)30-13-6-3-7-14-30;/h3-11,13-14,16-19,28-29,31,34,41H,12,15,20-27H2,1-2H3,(H-,37,38,40);1H/t28-,29?,31?,34?,39?;/m1./s1. The Kier molecular flexibility index (Phi) is 11.5. The van der Waals surface area contributed by atoms with E-state index >= 15 is 0 Å². The van der Waals surface area contributed by atoms with Gasteiger partial charge < -0.3 is 44.2 Å². The Bertz CT molecular complexity index is 1190. The third-order valence-electron chi connectivity index (χ3n) is 9.84. The first-order chi connectivity index (χ1) is 19.9. The summed E-state index contributed by atoms with van der Waals surface area (Å²) in [5, 5.41) is 18.2. The average molecular weight is 682 g/mol. The molecule has 1 aliphatic carbocycles. The van der Waals surface area contributed by atoms with Crippen molar-refractivity contribution in [3.8, 4) is 0 Å². The highest BCUT2D eigenvalue weighted by atomic mass is 127. The number of likely N-dealkylation sites (tertiary alicyclic amines) is 1. The third-order valence-corrected chi connectivity index (χ3v) is 9.84. The molecule has 0 bridgehead atoms. The van der Waals surface area contributed by atoms with Crippen LogP contribution in [-0.2, 0) is 5.60 Å². The summed E-state index contributed by atoms with van der Waals surface area (Å²) in [6.07, 6.45) is 8.26. The highest BCUT2D eigenvalue weighted by Gasteiger charge is 2.39. The van der Waals surface area contributed by atoms with Crippen molar-refractivity contribution >= 4 is 6.03 Å². The second-order valence-corrected chi connectivity index (χ2v) is 12.8. The molecule has 5 nitrogen and oxygen atoms in total. The lowest BCUT2D eigenvalue weighted by Crippen LogP contribution is -3.00.